The van der Waals surface area contributed by atoms with Crippen LogP contribution in [0.1, 0.15) is 31.7 Å². The minimum Gasteiger partial charge on any atom is -0.396 e. The van der Waals surface area contributed by atoms with Gasteiger partial charge < -0.3 is 10.0 Å². The standard InChI is InChI=1S/C19H25N3O2/c1-2-19(15-23)8-12-21(13-9-19)18(24)14-16-4-6-17(7-5-16)22-11-3-10-20-22/h3-7,10-11,23H,2,8-9,12-15H2,1H3. The Labute approximate surface area is 142 Å². The van der Waals surface area contributed by atoms with Crippen LogP contribution in [0.3, 0.4) is 0 Å². The van der Waals surface area contributed by atoms with E-state index in [0.29, 0.717) is 6.42 Å². The van der Waals surface area contributed by atoms with Crippen LogP contribution in [0.5, 0.6) is 0 Å². The van der Waals surface area contributed by atoms with E-state index in [0.717, 1.165) is 43.6 Å². The Balaban J connectivity index is 1.57. The molecule has 0 bridgehead atoms. The molecule has 1 N–H and O–H groups in total. The summed E-state index contributed by atoms with van der Waals surface area (Å²) in [4.78, 5) is 14.5. The Kier molecular flexibility index (Phi) is 5.00. The van der Waals surface area contributed by atoms with Crippen molar-refractivity contribution in [3.05, 3.63) is 48.3 Å². The van der Waals surface area contributed by atoms with Crippen LogP contribution >= 0.6 is 0 Å². The van der Waals surface area contributed by atoms with E-state index in [-0.39, 0.29) is 17.9 Å². The van der Waals surface area contributed by atoms with E-state index in [1.54, 1.807) is 10.9 Å². The van der Waals surface area contributed by atoms with Crippen molar-refractivity contribution in [3.63, 3.8) is 0 Å². The van der Waals surface area contributed by atoms with Gasteiger partial charge in [0.25, 0.3) is 0 Å². The zero-order valence-corrected chi connectivity index (χ0v) is 14.2. The highest BCUT2D eigenvalue weighted by Gasteiger charge is 2.33. The molecule has 0 saturated carbocycles. The number of carbonyl (C=O) groups is 1. The number of aromatic nitrogens is 2. The summed E-state index contributed by atoms with van der Waals surface area (Å²) in [5.41, 5.74) is 2.03. The molecule has 2 heterocycles. The highest BCUT2D eigenvalue weighted by molar-refractivity contribution is 5.79. The molecule has 1 aromatic heterocycles. The van der Waals surface area contributed by atoms with E-state index in [2.05, 4.69) is 12.0 Å². The van der Waals surface area contributed by atoms with Crippen LogP contribution in [-0.2, 0) is 11.2 Å². The number of aliphatic hydroxyl groups is 1. The average Bonchev–Trinajstić information content (AvgIpc) is 3.17. The summed E-state index contributed by atoms with van der Waals surface area (Å²) in [5.74, 6) is 0.171. The minimum absolute atomic E-state index is 0.0161. The first kappa shape index (κ1) is 16.7. The summed E-state index contributed by atoms with van der Waals surface area (Å²) in [6.45, 7) is 3.84. The molecule has 0 atom stereocenters. The fourth-order valence-electron chi connectivity index (χ4n) is 3.33. The van der Waals surface area contributed by atoms with Gasteiger partial charge in [0.1, 0.15) is 0 Å². The van der Waals surface area contributed by atoms with Gasteiger partial charge in [0.2, 0.25) is 5.91 Å². The number of hydrogen-bond donors (Lipinski definition) is 1. The topological polar surface area (TPSA) is 58.4 Å². The van der Waals surface area contributed by atoms with E-state index >= 15 is 0 Å². The number of likely N-dealkylation sites (tertiary alicyclic amines) is 1. The summed E-state index contributed by atoms with van der Waals surface area (Å²) in [5, 5.41) is 13.8. The summed E-state index contributed by atoms with van der Waals surface area (Å²) in [6.07, 6.45) is 6.83. The first-order chi connectivity index (χ1) is 11.7. The number of nitrogens with zero attached hydrogens (tertiary/aromatic N) is 3. The quantitative estimate of drug-likeness (QED) is 0.917. The molecule has 0 spiro atoms. The Morgan fingerprint density at radius 1 is 1.25 bits per heavy atom. The van der Waals surface area contributed by atoms with E-state index in [4.69, 9.17) is 0 Å². The lowest BCUT2D eigenvalue weighted by atomic mass is 9.77. The molecule has 1 aliphatic rings. The molecule has 1 amide bonds. The molecule has 0 unspecified atom stereocenters. The van der Waals surface area contributed by atoms with E-state index < -0.39 is 0 Å². The third-order valence-corrected chi connectivity index (χ3v) is 5.32. The highest BCUT2D eigenvalue weighted by atomic mass is 16.3. The van der Waals surface area contributed by atoms with Gasteiger partial charge in [-0.15, -0.1) is 0 Å². The molecule has 1 saturated heterocycles. The maximum atomic E-state index is 12.5. The number of benzene rings is 1. The van der Waals surface area contributed by atoms with Crippen molar-refractivity contribution in [3.8, 4) is 5.69 Å². The van der Waals surface area contributed by atoms with Crippen molar-refractivity contribution in [2.45, 2.75) is 32.6 Å². The lowest BCUT2D eigenvalue weighted by Gasteiger charge is -2.40. The summed E-state index contributed by atoms with van der Waals surface area (Å²) in [6, 6.07) is 9.84. The van der Waals surface area contributed by atoms with Crippen molar-refractivity contribution < 1.29 is 9.90 Å². The van der Waals surface area contributed by atoms with E-state index in [9.17, 15) is 9.90 Å². The van der Waals surface area contributed by atoms with Gasteiger partial charge in [-0.3, -0.25) is 4.79 Å². The second kappa shape index (κ2) is 7.18. The number of aliphatic hydroxyl groups excluding tert-OH is 1. The van der Waals surface area contributed by atoms with Gasteiger partial charge in [-0.05, 0) is 48.4 Å². The van der Waals surface area contributed by atoms with Gasteiger partial charge in [0, 0.05) is 32.1 Å². The molecule has 2 aromatic rings. The van der Waals surface area contributed by atoms with E-state index in [1.165, 1.54) is 0 Å². The van der Waals surface area contributed by atoms with Crippen LogP contribution in [-0.4, -0.2) is 45.4 Å². The highest BCUT2D eigenvalue weighted by Crippen LogP contribution is 2.34. The first-order valence-corrected chi connectivity index (χ1v) is 8.63. The molecule has 0 radical (unpaired) electrons. The Morgan fingerprint density at radius 2 is 1.96 bits per heavy atom. The van der Waals surface area contributed by atoms with Crippen molar-refractivity contribution >= 4 is 5.91 Å². The third-order valence-electron chi connectivity index (χ3n) is 5.32. The number of hydrogen-bond acceptors (Lipinski definition) is 3. The molecule has 0 aliphatic carbocycles. The SMILES string of the molecule is CCC1(CO)CCN(C(=O)Cc2ccc(-n3cccn3)cc2)CC1. The lowest BCUT2D eigenvalue weighted by molar-refractivity contribution is -0.133. The van der Waals surface area contributed by atoms with Crippen molar-refractivity contribution in [2.75, 3.05) is 19.7 Å². The van der Waals surface area contributed by atoms with Crippen LogP contribution in [0.2, 0.25) is 0 Å². The molecule has 1 aliphatic heterocycles. The maximum Gasteiger partial charge on any atom is 0.226 e. The van der Waals surface area contributed by atoms with Gasteiger partial charge >= 0.3 is 0 Å². The summed E-state index contributed by atoms with van der Waals surface area (Å²) in [7, 11) is 0. The maximum absolute atomic E-state index is 12.5. The van der Waals surface area contributed by atoms with Gasteiger partial charge in [-0.2, -0.15) is 5.10 Å². The second-order valence-electron chi connectivity index (χ2n) is 6.69. The number of carbonyl (C=O) groups excluding carboxylic acids is 1. The van der Waals surface area contributed by atoms with Crippen molar-refractivity contribution in [1.29, 1.82) is 0 Å². The van der Waals surface area contributed by atoms with Gasteiger partial charge in [0.15, 0.2) is 0 Å². The molecule has 5 nitrogen and oxygen atoms in total. The van der Waals surface area contributed by atoms with Gasteiger partial charge in [-0.1, -0.05) is 19.1 Å². The lowest BCUT2D eigenvalue weighted by Crippen LogP contribution is -2.44. The zero-order chi connectivity index (χ0) is 17.0. The Morgan fingerprint density at radius 3 is 2.50 bits per heavy atom. The molecule has 3 rings (SSSR count). The smallest absolute Gasteiger partial charge is 0.226 e. The normalized spacial score (nSPS) is 17.0. The Bertz CT molecular complexity index is 650. The fraction of sp³-hybridized carbons (Fsp3) is 0.474. The monoisotopic (exact) mass is 327 g/mol. The minimum atomic E-state index is 0.0161. The van der Waals surface area contributed by atoms with Crippen LogP contribution in [0, 0.1) is 5.41 Å². The van der Waals surface area contributed by atoms with Crippen molar-refractivity contribution in [1.82, 2.24) is 14.7 Å². The predicted octanol–water partition coefficient (Wildman–Crippen LogP) is 2.43. The van der Waals surface area contributed by atoms with Gasteiger partial charge in [0.05, 0.1) is 12.1 Å². The fourth-order valence-corrected chi connectivity index (χ4v) is 3.33. The van der Waals surface area contributed by atoms with Gasteiger partial charge in [-0.25, -0.2) is 4.68 Å². The summed E-state index contributed by atoms with van der Waals surface area (Å²) < 4.78 is 1.80. The largest absolute Gasteiger partial charge is 0.396 e. The van der Waals surface area contributed by atoms with Crippen molar-refractivity contribution in [2.24, 2.45) is 5.41 Å². The van der Waals surface area contributed by atoms with Crippen LogP contribution < -0.4 is 0 Å². The van der Waals surface area contributed by atoms with Crippen LogP contribution in [0.15, 0.2) is 42.7 Å². The first-order valence-electron chi connectivity index (χ1n) is 8.63. The molecule has 1 aromatic carbocycles. The Hall–Kier alpha value is -2.14. The average molecular weight is 327 g/mol. The number of rotatable bonds is 5. The zero-order valence-electron chi connectivity index (χ0n) is 14.2. The van der Waals surface area contributed by atoms with Crippen LogP contribution in [0.25, 0.3) is 5.69 Å². The molecule has 24 heavy (non-hydrogen) atoms. The number of piperidine rings is 1. The number of amides is 1. The second-order valence-corrected chi connectivity index (χ2v) is 6.69. The molecule has 5 heteroatoms. The molecule has 128 valence electrons. The third kappa shape index (κ3) is 3.51. The molecular formula is C19H25N3O2. The molecule has 1 fully saturated rings. The van der Waals surface area contributed by atoms with E-state index in [1.807, 2.05) is 41.4 Å². The predicted molar refractivity (Wildman–Crippen MR) is 92.9 cm³/mol. The van der Waals surface area contributed by atoms with Crippen LogP contribution in [0.4, 0.5) is 0 Å². The molecular weight excluding hydrogens is 302 g/mol. The summed E-state index contributed by atoms with van der Waals surface area (Å²) >= 11 is 0.